The molecule has 0 atom stereocenters. The van der Waals surface area contributed by atoms with Gasteiger partial charge in [-0.2, -0.15) is 5.10 Å². The van der Waals surface area contributed by atoms with Gasteiger partial charge in [0.05, 0.1) is 27.0 Å². The van der Waals surface area contributed by atoms with Crippen molar-refractivity contribution in [2.24, 2.45) is 7.05 Å². The van der Waals surface area contributed by atoms with E-state index >= 15 is 0 Å². The van der Waals surface area contributed by atoms with E-state index in [1.807, 2.05) is 0 Å². The quantitative estimate of drug-likeness (QED) is 0.699. The summed E-state index contributed by atoms with van der Waals surface area (Å²) in [5.41, 5.74) is 6.77. The molecule has 5 nitrogen and oxygen atoms in total. The van der Waals surface area contributed by atoms with E-state index in [0.717, 1.165) is 0 Å². The Morgan fingerprint density at radius 1 is 1.47 bits per heavy atom. The third-order valence-corrected chi connectivity index (χ3v) is 3.23. The molecule has 0 spiro atoms. The summed E-state index contributed by atoms with van der Waals surface area (Å²) in [6.07, 6.45) is 1.76. The first-order valence-electron chi connectivity index (χ1n) is 5.37. The number of carbonyl (C=O) groups is 1. The van der Waals surface area contributed by atoms with Gasteiger partial charge in [0.15, 0.2) is 0 Å². The second-order valence-corrected chi connectivity index (χ2v) is 4.70. The van der Waals surface area contributed by atoms with Crippen molar-refractivity contribution in [2.75, 3.05) is 5.73 Å². The molecule has 0 saturated heterocycles. The molecule has 0 aliphatic heterocycles. The molecular weight excluding hydrogens is 289 g/mol. The lowest BCUT2D eigenvalue weighted by molar-refractivity contribution is 0.0467. The number of esters is 1. The van der Waals surface area contributed by atoms with Crippen LogP contribution in [-0.2, 0) is 18.4 Å². The number of nitrogen functional groups attached to an aromatic ring is 1. The van der Waals surface area contributed by atoms with Crippen LogP contribution in [0.25, 0.3) is 0 Å². The molecule has 0 bridgehead atoms. The highest BCUT2D eigenvalue weighted by Gasteiger charge is 2.13. The highest BCUT2D eigenvalue weighted by atomic mass is 35.5. The first-order chi connectivity index (χ1) is 8.97. The minimum Gasteiger partial charge on any atom is -0.456 e. The van der Waals surface area contributed by atoms with E-state index in [0.29, 0.717) is 5.69 Å². The van der Waals surface area contributed by atoms with Crippen LogP contribution in [0.15, 0.2) is 24.4 Å². The number of aryl methyl sites for hydroxylation is 1. The molecule has 0 unspecified atom stereocenters. The normalized spacial score (nSPS) is 10.5. The summed E-state index contributed by atoms with van der Waals surface area (Å²) in [7, 11) is 1.78. The van der Waals surface area contributed by atoms with Crippen LogP contribution >= 0.6 is 23.2 Å². The van der Waals surface area contributed by atoms with Crippen molar-refractivity contribution < 1.29 is 9.53 Å². The number of nitrogens with two attached hydrogens (primary N) is 1. The first-order valence-corrected chi connectivity index (χ1v) is 6.13. The van der Waals surface area contributed by atoms with E-state index in [2.05, 4.69) is 5.10 Å². The molecule has 100 valence electrons. The Hall–Kier alpha value is -1.72. The molecule has 19 heavy (non-hydrogen) atoms. The zero-order chi connectivity index (χ0) is 14.0. The Kier molecular flexibility index (Phi) is 3.97. The lowest BCUT2D eigenvalue weighted by Crippen LogP contribution is -2.07. The van der Waals surface area contributed by atoms with Crippen molar-refractivity contribution in [3.63, 3.8) is 0 Å². The van der Waals surface area contributed by atoms with Crippen molar-refractivity contribution in [2.45, 2.75) is 6.61 Å². The number of ether oxygens (including phenoxy) is 1. The standard InChI is InChI=1S/C12H11Cl2N3O2/c1-17-3-2-8(16-17)6-19-12(18)7-4-9(13)11(14)10(15)5-7/h2-5H,6,15H2,1H3. The van der Waals surface area contributed by atoms with Crippen LogP contribution in [0, 0.1) is 0 Å². The summed E-state index contributed by atoms with van der Waals surface area (Å²) in [4.78, 5) is 11.8. The summed E-state index contributed by atoms with van der Waals surface area (Å²) in [6, 6.07) is 4.60. The number of hydrogen-bond acceptors (Lipinski definition) is 4. The highest BCUT2D eigenvalue weighted by Crippen LogP contribution is 2.29. The van der Waals surface area contributed by atoms with Crippen molar-refractivity contribution >= 4 is 34.9 Å². The van der Waals surface area contributed by atoms with Crippen LogP contribution in [0.4, 0.5) is 5.69 Å². The number of benzene rings is 1. The molecule has 1 aromatic carbocycles. The molecule has 1 heterocycles. The molecule has 0 radical (unpaired) electrons. The smallest absolute Gasteiger partial charge is 0.338 e. The lowest BCUT2D eigenvalue weighted by atomic mass is 10.2. The maximum atomic E-state index is 11.8. The molecule has 2 N–H and O–H groups in total. The second-order valence-electron chi connectivity index (χ2n) is 3.92. The van der Waals surface area contributed by atoms with Crippen LogP contribution in [-0.4, -0.2) is 15.7 Å². The maximum absolute atomic E-state index is 11.8. The molecular formula is C12H11Cl2N3O2. The van der Waals surface area contributed by atoms with Gasteiger partial charge >= 0.3 is 5.97 Å². The van der Waals surface area contributed by atoms with Gasteiger partial charge in [0.1, 0.15) is 6.61 Å². The zero-order valence-electron chi connectivity index (χ0n) is 10.1. The fourth-order valence-electron chi connectivity index (χ4n) is 1.49. The minimum atomic E-state index is -0.532. The summed E-state index contributed by atoms with van der Waals surface area (Å²) in [6.45, 7) is 0.0832. The Balaban J connectivity index is 2.08. The SMILES string of the molecule is Cn1ccc(COC(=O)c2cc(N)c(Cl)c(Cl)c2)n1. The predicted octanol–water partition coefficient (Wildman–Crippen LogP) is 2.67. The molecule has 0 amide bonds. The Labute approximate surface area is 119 Å². The first kappa shape index (κ1) is 13.7. The van der Waals surface area contributed by atoms with Gasteiger partial charge in [-0.1, -0.05) is 23.2 Å². The molecule has 0 fully saturated rings. The average molecular weight is 300 g/mol. The van der Waals surface area contributed by atoms with Crippen LogP contribution < -0.4 is 5.73 Å². The summed E-state index contributed by atoms with van der Waals surface area (Å²) in [5, 5.41) is 4.53. The molecule has 2 aromatic rings. The second kappa shape index (κ2) is 5.50. The van der Waals surface area contributed by atoms with E-state index in [1.54, 1.807) is 24.0 Å². The fourth-order valence-corrected chi connectivity index (χ4v) is 1.83. The third-order valence-electron chi connectivity index (χ3n) is 2.41. The molecule has 2 rings (SSSR count). The van der Waals surface area contributed by atoms with E-state index in [4.69, 9.17) is 33.7 Å². The van der Waals surface area contributed by atoms with Crippen LogP contribution in [0.3, 0.4) is 0 Å². The van der Waals surface area contributed by atoms with Crippen molar-refractivity contribution in [3.8, 4) is 0 Å². The van der Waals surface area contributed by atoms with Gasteiger partial charge in [-0.3, -0.25) is 4.68 Å². The molecule has 0 aliphatic carbocycles. The topological polar surface area (TPSA) is 70.1 Å². The molecule has 1 aromatic heterocycles. The third kappa shape index (κ3) is 3.19. The van der Waals surface area contributed by atoms with Gasteiger partial charge < -0.3 is 10.5 Å². The Morgan fingerprint density at radius 3 is 2.79 bits per heavy atom. The lowest BCUT2D eigenvalue weighted by Gasteiger charge is -2.06. The molecule has 0 saturated carbocycles. The van der Waals surface area contributed by atoms with E-state index in [-0.39, 0.29) is 27.9 Å². The summed E-state index contributed by atoms with van der Waals surface area (Å²) >= 11 is 11.7. The van der Waals surface area contributed by atoms with Crippen molar-refractivity contribution in [3.05, 3.63) is 45.7 Å². The predicted molar refractivity (Wildman–Crippen MR) is 73.2 cm³/mol. The monoisotopic (exact) mass is 299 g/mol. The Morgan fingerprint density at radius 2 is 2.21 bits per heavy atom. The minimum absolute atomic E-state index is 0.0832. The average Bonchev–Trinajstić information content (AvgIpc) is 2.78. The number of carbonyl (C=O) groups excluding carboxylic acids is 1. The van der Waals surface area contributed by atoms with Gasteiger partial charge in [0.2, 0.25) is 0 Å². The molecule has 7 heteroatoms. The van der Waals surface area contributed by atoms with Gasteiger partial charge in [0.25, 0.3) is 0 Å². The number of nitrogens with zero attached hydrogens (tertiary/aromatic N) is 2. The molecule has 0 aliphatic rings. The number of rotatable bonds is 3. The van der Waals surface area contributed by atoms with E-state index in [1.165, 1.54) is 12.1 Å². The Bertz CT molecular complexity index is 602. The summed E-state index contributed by atoms with van der Waals surface area (Å²) in [5.74, 6) is -0.532. The van der Waals surface area contributed by atoms with Crippen LogP contribution in [0.2, 0.25) is 10.0 Å². The number of halogens is 2. The van der Waals surface area contributed by atoms with E-state index < -0.39 is 5.97 Å². The van der Waals surface area contributed by atoms with Crippen LogP contribution in [0.5, 0.6) is 0 Å². The van der Waals surface area contributed by atoms with Crippen LogP contribution in [0.1, 0.15) is 16.1 Å². The van der Waals surface area contributed by atoms with Gasteiger partial charge in [0, 0.05) is 13.2 Å². The van der Waals surface area contributed by atoms with Crippen molar-refractivity contribution in [1.29, 1.82) is 0 Å². The number of aromatic nitrogens is 2. The largest absolute Gasteiger partial charge is 0.456 e. The summed E-state index contributed by atoms with van der Waals surface area (Å²) < 4.78 is 6.73. The maximum Gasteiger partial charge on any atom is 0.338 e. The fraction of sp³-hybridized carbons (Fsp3) is 0.167. The highest BCUT2D eigenvalue weighted by molar-refractivity contribution is 6.43. The van der Waals surface area contributed by atoms with Crippen molar-refractivity contribution in [1.82, 2.24) is 9.78 Å². The van der Waals surface area contributed by atoms with Gasteiger partial charge in [-0.25, -0.2) is 4.79 Å². The number of hydrogen-bond donors (Lipinski definition) is 1. The van der Waals surface area contributed by atoms with Gasteiger partial charge in [-0.05, 0) is 18.2 Å². The van der Waals surface area contributed by atoms with Gasteiger partial charge in [-0.15, -0.1) is 0 Å². The zero-order valence-corrected chi connectivity index (χ0v) is 11.6. The number of anilines is 1. The van der Waals surface area contributed by atoms with E-state index in [9.17, 15) is 4.79 Å².